The molecule has 0 atom stereocenters. The average molecular weight is 283 g/mol. The molecule has 6 nitrogen and oxygen atoms in total. The topological polar surface area (TPSA) is 74.5 Å². The monoisotopic (exact) mass is 283 g/mol. The lowest BCUT2D eigenvalue weighted by Crippen LogP contribution is -2.34. The summed E-state index contributed by atoms with van der Waals surface area (Å²) < 4.78 is 0. The molecule has 2 heterocycles. The van der Waals surface area contributed by atoms with E-state index < -0.39 is 0 Å². The first kappa shape index (κ1) is 14.1. The van der Waals surface area contributed by atoms with E-state index in [9.17, 15) is 4.79 Å². The summed E-state index contributed by atoms with van der Waals surface area (Å²) in [6.45, 7) is 6.24. The van der Waals surface area contributed by atoms with Crippen LogP contribution in [-0.4, -0.2) is 60.5 Å². The van der Waals surface area contributed by atoms with Crippen LogP contribution >= 0.6 is 11.3 Å². The molecule has 0 aliphatic carbocycles. The Morgan fingerprint density at radius 3 is 2.95 bits per heavy atom. The molecule has 0 spiro atoms. The standard InChI is InChI=1S/C12H21N5OS/c1-3-14-12-15-10(13)9(19-12)11(18)17-6-4-5-16(2)7-8-17/h3-8,13H2,1-2H3,(H,14,15). The number of carbonyl (C=O) groups is 1. The van der Waals surface area contributed by atoms with Crippen LogP contribution in [0.2, 0.25) is 0 Å². The number of amides is 1. The van der Waals surface area contributed by atoms with Crippen LogP contribution in [0.5, 0.6) is 0 Å². The highest BCUT2D eigenvalue weighted by Gasteiger charge is 2.23. The van der Waals surface area contributed by atoms with E-state index in [0.717, 1.165) is 44.3 Å². The van der Waals surface area contributed by atoms with Crippen molar-refractivity contribution in [1.82, 2.24) is 14.8 Å². The zero-order valence-corrected chi connectivity index (χ0v) is 12.3. The molecule has 0 bridgehead atoms. The summed E-state index contributed by atoms with van der Waals surface area (Å²) in [5.74, 6) is 0.345. The highest BCUT2D eigenvalue weighted by atomic mass is 32.1. The highest BCUT2D eigenvalue weighted by molar-refractivity contribution is 7.18. The predicted octanol–water partition coefficient (Wildman–Crippen LogP) is 0.935. The molecule has 0 saturated carbocycles. The maximum Gasteiger partial charge on any atom is 0.267 e. The Labute approximate surface area is 117 Å². The molecule has 1 aromatic heterocycles. The van der Waals surface area contributed by atoms with Crippen molar-refractivity contribution in [3.8, 4) is 0 Å². The minimum Gasteiger partial charge on any atom is -0.382 e. The smallest absolute Gasteiger partial charge is 0.267 e. The highest BCUT2D eigenvalue weighted by Crippen LogP contribution is 2.26. The van der Waals surface area contributed by atoms with E-state index in [4.69, 9.17) is 5.73 Å². The van der Waals surface area contributed by atoms with Gasteiger partial charge in [0.25, 0.3) is 5.91 Å². The third-order valence-electron chi connectivity index (χ3n) is 3.18. The summed E-state index contributed by atoms with van der Waals surface area (Å²) in [6, 6.07) is 0. The SMILES string of the molecule is CCNc1nc(N)c(C(=O)N2CCCN(C)CC2)s1. The second kappa shape index (κ2) is 6.21. The lowest BCUT2D eigenvalue weighted by atomic mass is 10.3. The molecule has 2 rings (SSSR count). The molecule has 0 aromatic carbocycles. The van der Waals surface area contributed by atoms with Gasteiger partial charge < -0.3 is 20.9 Å². The molecule has 19 heavy (non-hydrogen) atoms. The number of anilines is 2. The molecule has 1 fully saturated rings. The number of nitrogens with zero attached hydrogens (tertiary/aromatic N) is 3. The predicted molar refractivity (Wildman–Crippen MR) is 78.7 cm³/mol. The molecule has 1 saturated heterocycles. The van der Waals surface area contributed by atoms with Crippen LogP contribution < -0.4 is 11.1 Å². The normalized spacial score (nSPS) is 17.3. The van der Waals surface area contributed by atoms with Crippen molar-refractivity contribution >= 4 is 28.2 Å². The van der Waals surface area contributed by atoms with Crippen molar-refractivity contribution in [3.05, 3.63) is 4.88 Å². The van der Waals surface area contributed by atoms with Gasteiger partial charge in [-0.15, -0.1) is 0 Å². The van der Waals surface area contributed by atoms with Gasteiger partial charge in [-0.2, -0.15) is 0 Å². The van der Waals surface area contributed by atoms with E-state index in [2.05, 4.69) is 22.2 Å². The Morgan fingerprint density at radius 2 is 2.21 bits per heavy atom. The van der Waals surface area contributed by atoms with Crippen molar-refractivity contribution in [2.24, 2.45) is 0 Å². The van der Waals surface area contributed by atoms with Crippen LogP contribution in [0.4, 0.5) is 10.9 Å². The number of hydrogen-bond acceptors (Lipinski definition) is 6. The summed E-state index contributed by atoms with van der Waals surface area (Å²) in [6.07, 6.45) is 1.00. The first-order chi connectivity index (χ1) is 9.11. The quantitative estimate of drug-likeness (QED) is 0.863. The summed E-state index contributed by atoms with van der Waals surface area (Å²) in [5, 5.41) is 3.81. The molecule has 1 aliphatic rings. The van der Waals surface area contributed by atoms with Gasteiger partial charge in [-0.05, 0) is 26.9 Å². The van der Waals surface area contributed by atoms with Gasteiger partial charge in [0.2, 0.25) is 0 Å². The Hall–Kier alpha value is -1.34. The number of nitrogens with one attached hydrogen (secondary N) is 1. The zero-order valence-electron chi connectivity index (χ0n) is 11.5. The number of aromatic nitrogens is 1. The van der Waals surface area contributed by atoms with E-state index >= 15 is 0 Å². The molecule has 1 aromatic rings. The van der Waals surface area contributed by atoms with Crippen LogP contribution in [0.1, 0.15) is 23.0 Å². The van der Waals surface area contributed by atoms with E-state index in [1.54, 1.807) is 0 Å². The zero-order chi connectivity index (χ0) is 13.8. The number of nitrogens with two attached hydrogens (primary N) is 1. The van der Waals surface area contributed by atoms with Gasteiger partial charge in [0.1, 0.15) is 10.7 Å². The van der Waals surface area contributed by atoms with Crippen molar-refractivity contribution in [1.29, 1.82) is 0 Å². The summed E-state index contributed by atoms with van der Waals surface area (Å²) in [5.41, 5.74) is 5.85. The van der Waals surface area contributed by atoms with Gasteiger partial charge in [-0.25, -0.2) is 4.98 Å². The molecule has 3 N–H and O–H groups in total. The fraction of sp³-hybridized carbons (Fsp3) is 0.667. The molecular weight excluding hydrogens is 262 g/mol. The minimum absolute atomic E-state index is 0.00875. The molecule has 0 unspecified atom stereocenters. The molecule has 1 amide bonds. The van der Waals surface area contributed by atoms with Crippen molar-refractivity contribution in [3.63, 3.8) is 0 Å². The Balaban J connectivity index is 2.10. The first-order valence-corrected chi connectivity index (χ1v) is 7.41. The maximum atomic E-state index is 12.5. The third-order valence-corrected chi connectivity index (χ3v) is 4.20. The number of rotatable bonds is 3. The van der Waals surface area contributed by atoms with E-state index in [1.165, 1.54) is 11.3 Å². The lowest BCUT2D eigenvalue weighted by Gasteiger charge is -2.19. The molecule has 0 radical (unpaired) electrons. The number of carbonyl (C=O) groups excluding carboxylic acids is 1. The van der Waals surface area contributed by atoms with Gasteiger partial charge in [-0.3, -0.25) is 4.79 Å². The Bertz CT molecular complexity index is 447. The van der Waals surface area contributed by atoms with Crippen molar-refractivity contribution in [2.75, 3.05) is 50.8 Å². The second-order valence-electron chi connectivity index (χ2n) is 4.71. The summed E-state index contributed by atoms with van der Waals surface area (Å²) in [7, 11) is 2.08. The second-order valence-corrected chi connectivity index (χ2v) is 5.71. The van der Waals surface area contributed by atoms with E-state index in [0.29, 0.717) is 10.7 Å². The molecule has 7 heteroatoms. The number of thiazole rings is 1. The molecule has 1 aliphatic heterocycles. The Kier molecular flexibility index (Phi) is 4.60. The van der Waals surface area contributed by atoms with Crippen LogP contribution in [0.25, 0.3) is 0 Å². The average Bonchev–Trinajstić information content (AvgIpc) is 2.59. The van der Waals surface area contributed by atoms with Gasteiger partial charge in [-0.1, -0.05) is 11.3 Å². The fourth-order valence-corrected chi connectivity index (χ4v) is 3.03. The number of likely N-dealkylation sites (N-methyl/N-ethyl adjacent to an activating group) is 1. The van der Waals surface area contributed by atoms with Crippen LogP contribution in [0.15, 0.2) is 0 Å². The minimum atomic E-state index is 0.00875. The molecular formula is C12H21N5OS. The summed E-state index contributed by atoms with van der Waals surface area (Å²) >= 11 is 1.34. The third kappa shape index (κ3) is 3.36. The number of nitrogen functional groups attached to an aromatic ring is 1. The van der Waals surface area contributed by atoms with Gasteiger partial charge in [0.05, 0.1) is 0 Å². The summed E-state index contributed by atoms with van der Waals surface area (Å²) in [4.78, 5) is 21.3. The van der Waals surface area contributed by atoms with Gasteiger partial charge >= 0.3 is 0 Å². The van der Waals surface area contributed by atoms with Crippen molar-refractivity contribution < 1.29 is 4.79 Å². The van der Waals surface area contributed by atoms with Crippen LogP contribution in [0.3, 0.4) is 0 Å². The Morgan fingerprint density at radius 1 is 1.42 bits per heavy atom. The van der Waals surface area contributed by atoms with Crippen molar-refractivity contribution in [2.45, 2.75) is 13.3 Å². The van der Waals surface area contributed by atoms with E-state index in [1.807, 2.05) is 11.8 Å². The van der Waals surface area contributed by atoms with Crippen LogP contribution in [0, 0.1) is 0 Å². The van der Waals surface area contributed by atoms with Crippen LogP contribution in [-0.2, 0) is 0 Å². The molecule has 106 valence electrons. The van der Waals surface area contributed by atoms with Gasteiger partial charge in [0, 0.05) is 26.2 Å². The fourth-order valence-electron chi connectivity index (χ4n) is 2.11. The number of hydrogen-bond donors (Lipinski definition) is 2. The lowest BCUT2D eigenvalue weighted by molar-refractivity contribution is 0.0768. The van der Waals surface area contributed by atoms with Gasteiger partial charge in [0.15, 0.2) is 5.13 Å². The first-order valence-electron chi connectivity index (χ1n) is 6.59. The van der Waals surface area contributed by atoms with E-state index in [-0.39, 0.29) is 5.91 Å². The largest absolute Gasteiger partial charge is 0.382 e. The maximum absolute atomic E-state index is 12.5.